The molecule has 11 heavy (non-hydrogen) atoms. The highest BCUT2D eigenvalue weighted by atomic mass is 19.3. The number of hydrogen-bond donors (Lipinski definition) is 1. The Morgan fingerprint density at radius 1 is 1.36 bits per heavy atom. The van der Waals surface area contributed by atoms with E-state index in [1.54, 1.807) is 0 Å². The number of hydrogen-bond acceptors (Lipinski definition) is 2. The zero-order chi connectivity index (χ0) is 8.11. The van der Waals surface area contributed by atoms with Crippen molar-refractivity contribution < 1.29 is 8.78 Å². The molecule has 2 aliphatic rings. The third-order valence-electron chi connectivity index (χ3n) is 2.82. The highest BCUT2D eigenvalue weighted by Crippen LogP contribution is 2.64. The molecule has 1 spiro atoms. The van der Waals surface area contributed by atoms with Crippen molar-refractivity contribution in [3.63, 3.8) is 0 Å². The molecule has 0 amide bonds. The predicted octanol–water partition coefficient (Wildman–Crippen LogP) is 0.981. The van der Waals surface area contributed by atoms with Gasteiger partial charge in [0.15, 0.2) is 0 Å². The first-order chi connectivity index (χ1) is 5.06. The van der Waals surface area contributed by atoms with Crippen molar-refractivity contribution in [3.8, 4) is 0 Å². The number of halogens is 2. The van der Waals surface area contributed by atoms with Crippen molar-refractivity contribution in [2.45, 2.75) is 25.2 Å². The minimum Gasteiger partial charge on any atom is -0.269 e. The number of alkyl halides is 2. The van der Waals surface area contributed by atoms with E-state index in [0.717, 1.165) is 13.0 Å². The maximum atomic E-state index is 12.8. The van der Waals surface area contributed by atoms with E-state index < -0.39 is 11.3 Å². The van der Waals surface area contributed by atoms with E-state index in [4.69, 9.17) is 5.84 Å². The Kier molecular flexibility index (Phi) is 1.30. The second-order valence-electron chi connectivity index (χ2n) is 3.74. The van der Waals surface area contributed by atoms with Crippen LogP contribution in [0, 0.1) is 5.41 Å². The summed E-state index contributed by atoms with van der Waals surface area (Å²) in [7, 11) is 0. The van der Waals surface area contributed by atoms with Gasteiger partial charge < -0.3 is 0 Å². The van der Waals surface area contributed by atoms with Crippen molar-refractivity contribution in [3.05, 3.63) is 0 Å². The van der Waals surface area contributed by atoms with E-state index in [9.17, 15) is 8.78 Å². The molecule has 0 aromatic rings. The van der Waals surface area contributed by atoms with E-state index >= 15 is 0 Å². The Hall–Kier alpha value is -0.220. The average molecular weight is 162 g/mol. The van der Waals surface area contributed by atoms with Gasteiger partial charge >= 0.3 is 0 Å². The van der Waals surface area contributed by atoms with Crippen LogP contribution in [-0.2, 0) is 0 Å². The number of hydrazine groups is 1. The molecule has 4 heteroatoms. The SMILES string of the molecule is NN1CCCC2(C1)CC2(F)F. The fourth-order valence-electron chi connectivity index (χ4n) is 1.99. The summed E-state index contributed by atoms with van der Waals surface area (Å²) >= 11 is 0. The van der Waals surface area contributed by atoms with Gasteiger partial charge in [0, 0.05) is 19.5 Å². The summed E-state index contributed by atoms with van der Waals surface area (Å²) in [5.41, 5.74) is -0.736. The molecular formula is C7H12F2N2. The topological polar surface area (TPSA) is 29.3 Å². The van der Waals surface area contributed by atoms with Crippen LogP contribution in [0.1, 0.15) is 19.3 Å². The Labute approximate surface area is 64.3 Å². The van der Waals surface area contributed by atoms with Gasteiger partial charge in [-0.2, -0.15) is 0 Å². The van der Waals surface area contributed by atoms with Crippen molar-refractivity contribution in [2.75, 3.05) is 13.1 Å². The minimum absolute atomic E-state index is 0.0493. The Morgan fingerprint density at radius 3 is 2.36 bits per heavy atom. The van der Waals surface area contributed by atoms with Gasteiger partial charge in [-0.05, 0) is 12.8 Å². The lowest BCUT2D eigenvalue weighted by atomic mass is 9.95. The molecule has 1 unspecified atom stereocenters. The minimum atomic E-state index is -2.43. The molecule has 2 nitrogen and oxygen atoms in total. The third-order valence-corrected chi connectivity index (χ3v) is 2.82. The molecule has 1 heterocycles. The van der Waals surface area contributed by atoms with Gasteiger partial charge in [-0.25, -0.2) is 13.8 Å². The van der Waals surface area contributed by atoms with Crippen LogP contribution in [0.2, 0.25) is 0 Å². The second kappa shape index (κ2) is 1.93. The van der Waals surface area contributed by atoms with Gasteiger partial charge in [-0.1, -0.05) is 0 Å². The highest BCUT2D eigenvalue weighted by Gasteiger charge is 2.71. The van der Waals surface area contributed by atoms with Crippen LogP contribution >= 0.6 is 0 Å². The monoisotopic (exact) mass is 162 g/mol. The van der Waals surface area contributed by atoms with Gasteiger partial charge in [-0.15, -0.1) is 0 Å². The maximum Gasteiger partial charge on any atom is 0.255 e. The lowest BCUT2D eigenvalue weighted by molar-refractivity contribution is 0.0247. The van der Waals surface area contributed by atoms with Gasteiger partial charge in [-0.3, -0.25) is 5.84 Å². The lowest BCUT2D eigenvalue weighted by Crippen LogP contribution is -2.43. The van der Waals surface area contributed by atoms with E-state index in [1.807, 2.05) is 0 Å². The zero-order valence-electron chi connectivity index (χ0n) is 6.32. The van der Waals surface area contributed by atoms with Crippen LogP contribution in [0.15, 0.2) is 0 Å². The molecule has 1 aliphatic carbocycles. The van der Waals surface area contributed by atoms with E-state index in [1.165, 1.54) is 5.01 Å². The Bertz CT molecular complexity index is 183. The van der Waals surface area contributed by atoms with Crippen LogP contribution in [0.4, 0.5) is 8.78 Å². The van der Waals surface area contributed by atoms with Crippen molar-refractivity contribution in [2.24, 2.45) is 11.3 Å². The molecule has 2 rings (SSSR count). The summed E-state index contributed by atoms with van der Waals surface area (Å²) < 4.78 is 25.5. The van der Waals surface area contributed by atoms with Gasteiger partial charge in [0.25, 0.3) is 5.92 Å². The normalized spacial score (nSPS) is 42.8. The fraction of sp³-hybridized carbons (Fsp3) is 1.00. The molecule has 1 aliphatic heterocycles. The lowest BCUT2D eigenvalue weighted by Gasteiger charge is -2.29. The number of nitrogens with two attached hydrogens (primary N) is 1. The van der Waals surface area contributed by atoms with Crippen LogP contribution in [0.25, 0.3) is 0 Å². The molecule has 0 aromatic heterocycles. The highest BCUT2D eigenvalue weighted by molar-refractivity contribution is 5.12. The van der Waals surface area contributed by atoms with Crippen molar-refractivity contribution in [1.82, 2.24) is 5.01 Å². The molecule has 2 N–H and O–H groups in total. The van der Waals surface area contributed by atoms with Gasteiger partial charge in [0.05, 0.1) is 5.41 Å². The Balaban J connectivity index is 2.06. The summed E-state index contributed by atoms with van der Waals surface area (Å²) in [6.07, 6.45) is 1.51. The number of piperidine rings is 1. The van der Waals surface area contributed by atoms with Crippen LogP contribution < -0.4 is 5.84 Å². The molecule has 1 saturated carbocycles. The summed E-state index contributed by atoms with van der Waals surface area (Å²) in [6, 6.07) is 0. The summed E-state index contributed by atoms with van der Waals surface area (Å²) in [5, 5.41) is 1.52. The summed E-state index contributed by atoms with van der Waals surface area (Å²) in [4.78, 5) is 0. The number of rotatable bonds is 0. The summed E-state index contributed by atoms with van der Waals surface area (Å²) in [6.45, 7) is 1.14. The zero-order valence-corrected chi connectivity index (χ0v) is 6.32. The Morgan fingerprint density at radius 2 is 2.00 bits per heavy atom. The molecule has 64 valence electrons. The molecule has 0 aromatic carbocycles. The first-order valence-electron chi connectivity index (χ1n) is 3.93. The van der Waals surface area contributed by atoms with Gasteiger partial charge in [0.2, 0.25) is 0 Å². The van der Waals surface area contributed by atoms with E-state index in [-0.39, 0.29) is 6.42 Å². The first kappa shape index (κ1) is 7.43. The van der Waals surface area contributed by atoms with Crippen LogP contribution in [-0.4, -0.2) is 24.0 Å². The molecule has 0 bridgehead atoms. The third kappa shape index (κ3) is 0.964. The summed E-state index contributed by atoms with van der Waals surface area (Å²) in [5.74, 6) is 3.05. The standard InChI is InChI=1S/C7H12F2N2/c8-7(9)4-6(7)2-1-3-11(10)5-6/h1-5,10H2. The number of nitrogens with zero attached hydrogens (tertiary/aromatic N) is 1. The largest absolute Gasteiger partial charge is 0.269 e. The van der Waals surface area contributed by atoms with Crippen LogP contribution in [0.5, 0.6) is 0 Å². The molecular weight excluding hydrogens is 150 g/mol. The second-order valence-corrected chi connectivity index (χ2v) is 3.74. The smallest absolute Gasteiger partial charge is 0.255 e. The molecule has 2 fully saturated rings. The quantitative estimate of drug-likeness (QED) is 0.538. The maximum absolute atomic E-state index is 12.8. The van der Waals surface area contributed by atoms with E-state index in [0.29, 0.717) is 13.0 Å². The molecule has 1 saturated heterocycles. The van der Waals surface area contributed by atoms with E-state index in [2.05, 4.69) is 0 Å². The first-order valence-corrected chi connectivity index (χ1v) is 3.93. The van der Waals surface area contributed by atoms with Crippen molar-refractivity contribution >= 4 is 0 Å². The van der Waals surface area contributed by atoms with Crippen LogP contribution in [0.3, 0.4) is 0 Å². The average Bonchev–Trinajstić information content (AvgIpc) is 2.32. The molecule has 0 radical (unpaired) electrons. The fourth-order valence-corrected chi connectivity index (χ4v) is 1.99. The predicted molar refractivity (Wildman–Crippen MR) is 37.0 cm³/mol. The molecule has 1 atom stereocenters. The van der Waals surface area contributed by atoms with Gasteiger partial charge in [0.1, 0.15) is 0 Å². The van der Waals surface area contributed by atoms with Crippen molar-refractivity contribution in [1.29, 1.82) is 0 Å².